The standard InChI is InChI=1S/C26H31N4O5P/c1-17(27)30-13-12-24(16-30)34-22-9-7-19(8-10-22)26(36(31,32-2)33-3)35-23-11-6-18-4-5-20(25(28)29)14-21(18)15-23/h4-11,14-15,24,26-27H,12-13,16H2,1-3H3,(H3,28,29). The van der Waals surface area contributed by atoms with Crippen LogP contribution in [0.3, 0.4) is 0 Å². The van der Waals surface area contributed by atoms with E-state index in [1.165, 1.54) is 14.2 Å². The quantitative estimate of drug-likeness (QED) is 0.206. The van der Waals surface area contributed by atoms with E-state index in [0.29, 0.717) is 35.0 Å². The van der Waals surface area contributed by atoms with Crippen LogP contribution < -0.4 is 15.2 Å². The highest BCUT2D eigenvalue weighted by Crippen LogP contribution is 2.60. The Kier molecular flexibility index (Phi) is 7.64. The van der Waals surface area contributed by atoms with Crippen LogP contribution in [-0.4, -0.2) is 50.0 Å². The molecule has 0 aromatic heterocycles. The SMILES string of the molecule is COP(=O)(OC)C(Oc1ccc2ccc(C(=N)N)cc2c1)c1ccc(OC2CCN(C(C)=N)C2)cc1. The predicted octanol–water partition coefficient (Wildman–Crippen LogP) is 5.14. The molecule has 0 bridgehead atoms. The van der Waals surface area contributed by atoms with Gasteiger partial charge in [0.1, 0.15) is 23.4 Å². The van der Waals surface area contributed by atoms with E-state index in [-0.39, 0.29) is 11.9 Å². The number of hydrogen-bond donors (Lipinski definition) is 3. The van der Waals surface area contributed by atoms with Gasteiger partial charge in [0.05, 0.1) is 12.4 Å². The fourth-order valence-electron chi connectivity index (χ4n) is 4.21. The molecule has 10 heteroatoms. The minimum Gasteiger partial charge on any atom is -0.489 e. The summed E-state index contributed by atoms with van der Waals surface area (Å²) in [6, 6.07) is 18.1. The van der Waals surface area contributed by atoms with Gasteiger partial charge in [-0.2, -0.15) is 0 Å². The number of amidine groups is 2. The summed E-state index contributed by atoms with van der Waals surface area (Å²) in [5.74, 6) is 0.648. The Morgan fingerprint density at radius 2 is 1.67 bits per heavy atom. The molecule has 1 saturated heterocycles. The number of nitrogen functional groups attached to an aromatic ring is 1. The van der Waals surface area contributed by atoms with Crippen LogP contribution >= 0.6 is 7.60 Å². The third-order valence-corrected chi connectivity index (χ3v) is 8.25. The summed E-state index contributed by atoms with van der Waals surface area (Å²) in [6.07, 6.45) is 0.851. The smallest absolute Gasteiger partial charge is 0.374 e. The maximum atomic E-state index is 13.5. The first-order valence-corrected chi connectivity index (χ1v) is 13.2. The Bertz CT molecular complexity index is 1310. The van der Waals surface area contributed by atoms with Gasteiger partial charge in [-0.1, -0.05) is 30.3 Å². The van der Waals surface area contributed by atoms with E-state index in [2.05, 4.69) is 0 Å². The molecule has 1 aliphatic heterocycles. The highest BCUT2D eigenvalue weighted by molar-refractivity contribution is 7.54. The van der Waals surface area contributed by atoms with Crippen molar-refractivity contribution < 1.29 is 23.1 Å². The molecule has 1 aliphatic rings. The summed E-state index contributed by atoms with van der Waals surface area (Å²) >= 11 is 0. The van der Waals surface area contributed by atoms with Crippen molar-refractivity contribution in [2.24, 2.45) is 5.73 Å². The van der Waals surface area contributed by atoms with Crippen molar-refractivity contribution in [2.45, 2.75) is 25.3 Å². The van der Waals surface area contributed by atoms with Gasteiger partial charge < -0.3 is 29.2 Å². The van der Waals surface area contributed by atoms with E-state index in [9.17, 15) is 4.57 Å². The second kappa shape index (κ2) is 10.7. The van der Waals surface area contributed by atoms with Crippen LogP contribution in [0, 0.1) is 10.8 Å². The number of nitrogens with zero attached hydrogens (tertiary/aromatic N) is 1. The molecule has 190 valence electrons. The Morgan fingerprint density at radius 3 is 2.28 bits per heavy atom. The predicted molar refractivity (Wildman–Crippen MR) is 140 cm³/mol. The van der Waals surface area contributed by atoms with Gasteiger partial charge in [0.25, 0.3) is 0 Å². The summed E-state index contributed by atoms with van der Waals surface area (Å²) in [7, 11) is -1.02. The molecular weight excluding hydrogens is 479 g/mol. The Hall–Kier alpha value is -3.39. The minimum absolute atomic E-state index is 0.00439. The molecular formula is C26H31N4O5P. The Morgan fingerprint density at radius 1 is 1.00 bits per heavy atom. The molecule has 4 rings (SSSR count). The van der Waals surface area contributed by atoms with Gasteiger partial charge in [-0.15, -0.1) is 0 Å². The van der Waals surface area contributed by atoms with Crippen molar-refractivity contribution in [3.05, 3.63) is 71.8 Å². The fourth-order valence-corrected chi connectivity index (χ4v) is 5.53. The van der Waals surface area contributed by atoms with Gasteiger partial charge >= 0.3 is 7.60 Å². The van der Waals surface area contributed by atoms with Crippen LogP contribution in [0.1, 0.15) is 30.3 Å². The molecule has 36 heavy (non-hydrogen) atoms. The molecule has 0 spiro atoms. The molecule has 9 nitrogen and oxygen atoms in total. The van der Waals surface area contributed by atoms with E-state index in [1.807, 2.05) is 23.1 Å². The van der Waals surface area contributed by atoms with Gasteiger partial charge in [-0.25, -0.2) is 0 Å². The third-order valence-electron chi connectivity index (χ3n) is 6.25. The molecule has 3 aromatic rings. The second-order valence-corrected chi connectivity index (χ2v) is 10.9. The van der Waals surface area contributed by atoms with Crippen LogP contribution in [0.15, 0.2) is 60.7 Å². The number of nitrogens with one attached hydrogen (secondary N) is 2. The average Bonchev–Trinajstić information content (AvgIpc) is 3.36. The summed E-state index contributed by atoms with van der Waals surface area (Å²) < 4.78 is 36.3. The van der Waals surface area contributed by atoms with E-state index in [0.717, 1.165) is 23.7 Å². The molecule has 2 atom stereocenters. The lowest BCUT2D eigenvalue weighted by Gasteiger charge is -2.26. The zero-order chi connectivity index (χ0) is 25.9. The first-order chi connectivity index (χ1) is 17.2. The van der Waals surface area contributed by atoms with Gasteiger partial charge in [-0.3, -0.25) is 15.4 Å². The molecule has 0 amide bonds. The van der Waals surface area contributed by atoms with Crippen LogP contribution in [0.25, 0.3) is 10.8 Å². The topological polar surface area (TPSA) is 131 Å². The van der Waals surface area contributed by atoms with E-state index in [4.69, 9.17) is 35.1 Å². The first-order valence-electron chi connectivity index (χ1n) is 11.5. The monoisotopic (exact) mass is 510 g/mol. The molecule has 1 fully saturated rings. The van der Waals surface area contributed by atoms with Crippen molar-refractivity contribution in [1.29, 1.82) is 10.8 Å². The van der Waals surface area contributed by atoms with Crippen molar-refractivity contribution in [3.63, 3.8) is 0 Å². The number of hydrogen-bond acceptors (Lipinski definition) is 7. The maximum Gasteiger partial charge on any atom is 0.374 e. The summed E-state index contributed by atoms with van der Waals surface area (Å²) in [4.78, 5) is 1.99. The highest BCUT2D eigenvalue weighted by atomic mass is 31.2. The van der Waals surface area contributed by atoms with Gasteiger partial charge in [-0.05, 0) is 48.0 Å². The molecule has 1 heterocycles. The largest absolute Gasteiger partial charge is 0.489 e. The summed E-state index contributed by atoms with van der Waals surface area (Å²) in [5, 5.41) is 17.3. The van der Waals surface area contributed by atoms with Crippen molar-refractivity contribution >= 4 is 30.0 Å². The molecule has 0 radical (unpaired) electrons. The zero-order valence-corrected chi connectivity index (χ0v) is 21.5. The lowest BCUT2D eigenvalue weighted by Crippen LogP contribution is -2.28. The molecule has 0 saturated carbocycles. The van der Waals surface area contributed by atoms with Crippen LogP contribution in [0.2, 0.25) is 0 Å². The molecule has 0 aliphatic carbocycles. The Labute approximate surface area is 210 Å². The van der Waals surface area contributed by atoms with Crippen LogP contribution in [-0.2, 0) is 13.6 Å². The van der Waals surface area contributed by atoms with Crippen molar-refractivity contribution in [1.82, 2.24) is 4.90 Å². The van der Waals surface area contributed by atoms with Crippen LogP contribution in [0.4, 0.5) is 0 Å². The summed E-state index contributed by atoms with van der Waals surface area (Å²) in [6.45, 7) is 3.26. The minimum atomic E-state index is -3.68. The lowest BCUT2D eigenvalue weighted by atomic mass is 10.1. The zero-order valence-electron chi connectivity index (χ0n) is 20.6. The average molecular weight is 511 g/mol. The van der Waals surface area contributed by atoms with E-state index >= 15 is 0 Å². The second-order valence-electron chi connectivity index (χ2n) is 8.64. The molecule has 3 aromatic carbocycles. The Balaban J connectivity index is 1.58. The molecule has 4 N–H and O–H groups in total. The van der Waals surface area contributed by atoms with Crippen molar-refractivity contribution in [3.8, 4) is 11.5 Å². The number of benzene rings is 3. The van der Waals surface area contributed by atoms with E-state index < -0.39 is 13.4 Å². The van der Waals surface area contributed by atoms with Gasteiger partial charge in [0, 0.05) is 38.3 Å². The van der Waals surface area contributed by atoms with E-state index in [1.54, 1.807) is 49.4 Å². The van der Waals surface area contributed by atoms with Crippen molar-refractivity contribution in [2.75, 3.05) is 27.3 Å². The van der Waals surface area contributed by atoms with Crippen LogP contribution in [0.5, 0.6) is 11.5 Å². The maximum absolute atomic E-state index is 13.5. The lowest BCUT2D eigenvalue weighted by molar-refractivity contribution is 0.191. The number of likely N-dealkylation sites (tertiary alicyclic amines) is 1. The number of fused-ring (bicyclic) bond motifs is 1. The normalized spacial score (nSPS) is 16.6. The summed E-state index contributed by atoms with van der Waals surface area (Å²) in [5.41, 5.74) is 6.85. The highest BCUT2D eigenvalue weighted by Gasteiger charge is 2.38. The number of rotatable bonds is 9. The molecule has 2 unspecified atom stereocenters. The number of nitrogens with two attached hydrogens (primary N) is 1. The fraction of sp³-hybridized carbons (Fsp3) is 0.308. The first kappa shape index (κ1) is 25.7. The number of ether oxygens (including phenoxy) is 2. The van der Waals surface area contributed by atoms with Gasteiger partial charge in [0.15, 0.2) is 0 Å². The third kappa shape index (κ3) is 5.54. The van der Waals surface area contributed by atoms with Gasteiger partial charge in [0.2, 0.25) is 5.85 Å².